The Morgan fingerprint density at radius 3 is 2.14 bits per heavy atom. The minimum absolute atomic E-state index is 0.00714. The summed E-state index contributed by atoms with van der Waals surface area (Å²) in [6, 6.07) is 11.2. The number of nitrogens with one attached hydrogen (secondary N) is 4. The summed E-state index contributed by atoms with van der Waals surface area (Å²) in [4.78, 5) is 43.0. The number of aromatic nitrogens is 2. The Morgan fingerprint density at radius 2 is 1.52 bits per heavy atom. The van der Waals surface area contributed by atoms with E-state index in [-0.39, 0.29) is 27.0 Å². The van der Waals surface area contributed by atoms with Crippen molar-refractivity contribution in [2.24, 2.45) is 0 Å². The molecule has 29 heavy (non-hydrogen) atoms. The molecule has 10 heteroatoms. The van der Waals surface area contributed by atoms with E-state index in [0.29, 0.717) is 11.4 Å². The average molecular weight is 432 g/mol. The van der Waals surface area contributed by atoms with E-state index in [1.54, 1.807) is 42.5 Å². The van der Waals surface area contributed by atoms with Gasteiger partial charge in [-0.15, -0.1) is 0 Å². The number of aromatic amines is 1. The molecule has 0 spiro atoms. The van der Waals surface area contributed by atoms with E-state index >= 15 is 0 Å². The Balaban J connectivity index is 1.68. The standard InChI is InChI=1S/C19H15Cl2N5O3/c1-22-18(28)15-16(24-9-23-15)19(29)26-11-7-5-10(6-8-11)25-17(27)12-3-2-4-13(20)14(12)21/h2-9H,1H3,(H,22,28)(H,23,24)(H,25,27)(H,26,29). The second kappa shape index (κ2) is 8.76. The number of imidazole rings is 1. The number of carbonyl (C=O) groups is 3. The van der Waals surface area contributed by atoms with Crippen molar-refractivity contribution in [2.45, 2.75) is 0 Å². The van der Waals surface area contributed by atoms with Crippen LogP contribution in [-0.2, 0) is 0 Å². The van der Waals surface area contributed by atoms with Gasteiger partial charge in [-0.2, -0.15) is 0 Å². The van der Waals surface area contributed by atoms with Crippen LogP contribution in [0.3, 0.4) is 0 Å². The fourth-order valence-electron chi connectivity index (χ4n) is 2.47. The molecule has 0 aliphatic heterocycles. The predicted octanol–water partition coefficient (Wildman–Crippen LogP) is 3.58. The normalized spacial score (nSPS) is 10.3. The molecule has 2 aromatic carbocycles. The number of halogens is 2. The van der Waals surface area contributed by atoms with E-state index in [4.69, 9.17) is 23.2 Å². The minimum Gasteiger partial charge on any atom is -0.354 e. The Labute approximate surface area is 175 Å². The topological polar surface area (TPSA) is 116 Å². The molecule has 0 bridgehead atoms. The Bertz CT molecular complexity index is 1080. The minimum atomic E-state index is -0.524. The van der Waals surface area contributed by atoms with Crippen molar-refractivity contribution in [3.8, 4) is 0 Å². The fraction of sp³-hybridized carbons (Fsp3) is 0.0526. The van der Waals surface area contributed by atoms with Crippen LogP contribution in [-0.4, -0.2) is 34.7 Å². The van der Waals surface area contributed by atoms with Crippen molar-refractivity contribution >= 4 is 52.3 Å². The monoisotopic (exact) mass is 431 g/mol. The lowest BCUT2D eigenvalue weighted by Crippen LogP contribution is -2.23. The number of nitrogens with zero attached hydrogens (tertiary/aromatic N) is 1. The summed E-state index contributed by atoms with van der Waals surface area (Å²) < 4.78 is 0. The molecule has 148 valence electrons. The number of hydrogen-bond acceptors (Lipinski definition) is 4. The number of carbonyl (C=O) groups excluding carboxylic acids is 3. The van der Waals surface area contributed by atoms with Gasteiger partial charge in [-0.25, -0.2) is 4.98 Å². The summed E-state index contributed by atoms with van der Waals surface area (Å²) in [5.41, 5.74) is 1.24. The number of rotatable bonds is 5. The molecule has 0 saturated heterocycles. The Hall–Kier alpha value is -3.36. The van der Waals surface area contributed by atoms with Gasteiger partial charge < -0.3 is 20.9 Å². The lowest BCUT2D eigenvalue weighted by Gasteiger charge is -2.09. The first-order valence-corrected chi connectivity index (χ1v) is 9.08. The zero-order chi connectivity index (χ0) is 21.0. The molecular weight excluding hydrogens is 417 g/mol. The third-order valence-electron chi connectivity index (χ3n) is 3.91. The molecule has 8 nitrogen and oxygen atoms in total. The molecule has 0 atom stereocenters. The molecule has 0 aliphatic rings. The lowest BCUT2D eigenvalue weighted by molar-refractivity contribution is 0.0943. The number of benzene rings is 2. The first kappa shape index (κ1) is 20.4. The predicted molar refractivity (Wildman–Crippen MR) is 111 cm³/mol. The van der Waals surface area contributed by atoms with Crippen molar-refractivity contribution < 1.29 is 14.4 Å². The summed E-state index contributed by atoms with van der Waals surface area (Å²) in [5.74, 6) is -1.42. The summed E-state index contributed by atoms with van der Waals surface area (Å²) in [7, 11) is 1.45. The molecule has 3 rings (SSSR count). The van der Waals surface area contributed by atoms with E-state index in [2.05, 4.69) is 25.9 Å². The third-order valence-corrected chi connectivity index (χ3v) is 4.72. The summed E-state index contributed by atoms with van der Waals surface area (Å²) >= 11 is 12.0. The molecule has 0 unspecified atom stereocenters. The zero-order valence-electron chi connectivity index (χ0n) is 15.0. The van der Waals surface area contributed by atoms with Crippen LogP contribution in [0.1, 0.15) is 31.3 Å². The van der Waals surface area contributed by atoms with E-state index < -0.39 is 17.7 Å². The van der Waals surface area contributed by atoms with Crippen molar-refractivity contribution in [3.63, 3.8) is 0 Å². The van der Waals surface area contributed by atoms with Gasteiger partial charge in [0.1, 0.15) is 5.69 Å². The maximum Gasteiger partial charge on any atom is 0.274 e. The van der Waals surface area contributed by atoms with Crippen LogP contribution in [0.15, 0.2) is 48.8 Å². The van der Waals surface area contributed by atoms with Crippen LogP contribution in [0.2, 0.25) is 10.0 Å². The van der Waals surface area contributed by atoms with Crippen molar-refractivity contribution in [2.75, 3.05) is 17.7 Å². The van der Waals surface area contributed by atoms with Crippen LogP contribution in [0.4, 0.5) is 11.4 Å². The second-order valence-corrected chi connectivity index (χ2v) is 6.58. The second-order valence-electron chi connectivity index (χ2n) is 5.79. The highest BCUT2D eigenvalue weighted by atomic mass is 35.5. The van der Waals surface area contributed by atoms with Crippen LogP contribution in [0, 0.1) is 0 Å². The molecule has 0 aliphatic carbocycles. The maximum atomic E-state index is 12.4. The largest absolute Gasteiger partial charge is 0.354 e. The quantitative estimate of drug-likeness (QED) is 0.493. The molecule has 1 heterocycles. The molecular formula is C19H15Cl2N5O3. The number of anilines is 2. The average Bonchev–Trinajstić information content (AvgIpc) is 3.21. The van der Waals surface area contributed by atoms with Crippen molar-refractivity contribution in [3.05, 3.63) is 75.8 Å². The van der Waals surface area contributed by atoms with Crippen LogP contribution >= 0.6 is 23.2 Å². The number of amides is 3. The van der Waals surface area contributed by atoms with Gasteiger partial charge in [-0.05, 0) is 36.4 Å². The van der Waals surface area contributed by atoms with Crippen molar-refractivity contribution in [1.29, 1.82) is 0 Å². The van der Waals surface area contributed by atoms with Gasteiger partial charge in [0.2, 0.25) is 0 Å². The van der Waals surface area contributed by atoms with Crippen LogP contribution in [0.25, 0.3) is 0 Å². The first-order chi connectivity index (χ1) is 13.9. The van der Waals surface area contributed by atoms with Gasteiger partial charge in [0.15, 0.2) is 5.69 Å². The fourth-order valence-corrected chi connectivity index (χ4v) is 2.85. The third kappa shape index (κ3) is 4.56. The first-order valence-electron chi connectivity index (χ1n) is 8.33. The van der Waals surface area contributed by atoms with E-state index in [1.165, 1.54) is 13.4 Å². The highest BCUT2D eigenvalue weighted by Crippen LogP contribution is 2.26. The van der Waals surface area contributed by atoms with Gasteiger partial charge in [0.25, 0.3) is 17.7 Å². The van der Waals surface area contributed by atoms with Crippen LogP contribution < -0.4 is 16.0 Å². The summed E-state index contributed by atoms with van der Waals surface area (Å²) in [5, 5.41) is 8.22. The maximum absolute atomic E-state index is 12.4. The van der Waals surface area contributed by atoms with Gasteiger partial charge in [0.05, 0.1) is 21.9 Å². The van der Waals surface area contributed by atoms with Gasteiger partial charge in [0, 0.05) is 18.4 Å². The molecule has 4 N–H and O–H groups in total. The smallest absolute Gasteiger partial charge is 0.274 e. The molecule has 0 saturated carbocycles. The zero-order valence-corrected chi connectivity index (χ0v) is 16.6. The lowest BCUT2D eigenvalue weighted by atomic mass is 10.2. The van der Waals surface area contributed by atoms with Crippen LogP contribution in [0.5, 0.6) is 0 Å². The van der Waals surface area contributed by atoms with Crippen molar-refractivity contribution in [1.82, 2.24) is 15.3 Å². The summed E-state index contributed by atoms with van der Waals surface area (Å²) in [6.45, 7) is 0. The van der Waals surface area contributed by atoms with E-state index in [9.17, 15) is 14.4 Å². The highest BCUT2D eigenvalue weighted by Gasteiger charge is 2.19. The van der Waals surface area contributed by atoms with Gasteiger partial charge >= 0.3 is 0 Å². The SMILES string of the molecule is CNC(=O)c1nc[nH]c1C(=O)Nc1ccc(NC(=O)c2cccc(Cl)c2Cl)cc1. The number of H-pyrrole nitrogens is 1. The molecule has 3 aromatic rings. The highest BCUT2D eigenvalue weighted by molar-refractivity contribution is 6.44. The number of hydrogen-bond donors (Lipinski definition) is 4. The van der Waals surface area contributed by atoms with Gasteiger partial charge in [-0.3, -0.25) is 14.4 Å². The Morgan fingerprint density at radius 1 is 0.897 bits per heavy atom. The van der Waals surface area contributed by atoms with Gasteiger partial charge in [-0.1, -0.05) is 29.3 Å². The molecule has 0 fully saturated rings. The van der Waals surface area contributed by atoms with E-state index in [0.717, 1.165) is 0 Å². The summed E-state index contributed by atoms with van der Waals surface area (Å²) in [6.07, 6.45) is 1.26. The molecule has 1 aromatic heterocycles. The molecule has 3 amide bonds. The van der Waals surface area contributed by atoms with E-state index in [1.807, 2.05) is 0 Å². The Kier molecular flexibility index (Phi) is 6.16. The molecule has 0 radical (unpaired) electrons.